The molecule has 2 aromatic rings. The van der Waals surface area contributed by atoms with Gasteiger partial charge in [0.2, 0.25) is 0 Å². The van der Waals surface area contributed by atoms with Crippen molar-refractivity contribution in [3.8, 4) is 16.9 Å². The van der Waals surface area contributed by atoms with Crippen LogP contribution in [0.1, 0.15) is 33.3 Å². The molecule has 0 atom stereocenters. The maximum Gasteiger partial charge on any atom is 0.119 e. The molecule has 0 radical (unpaired) electrons. The molecule has 0 aliphatic rings. The second kappa shape index (κ2) is 5.48. The summed E-state index contributed by atoms with van der Waals surface area (Å²) in [5.74, 6) is 0.930. The van der Waals surface area contributed by atoms with E-state index >= 15 is 0 Å². The smallest absolute Gasteiger partial charge is 0.119 e. The van der Waals surface area contributed by atoms with Gasteiger partial charge in [-0.15, -0.1) is 0 Å². The highest BCUT2D eigenvalue weighted by atomic mass is 16.5. The predicted molar refractivity (Wildman–Crippen MR) is 81.7 cm³/mol. The van der Waals surface area contributed by atoms with E-state index in [2.05, 4.69) is 57.2 Å². The Balaban J connectivity index is 2.29. The molecule has 0 amide bonds. The average Bonchev–Trinajstić information content (AvgIpc) is 2.39. The third-order valence-electron chi connectivity index (χ3n) is 3.23. The predicted octanol–water partition coefficient (Wildman–Crippen LogP) is 5.05. The van der Waals surface area contributed by atoms with E-state index in [1.807, 2.05) is 19.1 Å². The summed E-state index contributed by atoms with van der Waals surface area (Å²) in [4.78, 5) is 0. The summed E-state index contributed by atoms with van der Waals surface area (Å²) in [7, 11) is 0. The Morgan fingerprint density at radius 3 is 2.16 bits per heavy atom. The van der Waals surface area contributed by atoms with Crippen molar-refractivity contribution < 1.29 is 4.74 Å². The molecule has 0 spiro atoms. The first-order chi connectivity index (χ1) is 9.00. The molecule has 0 saturated carbocycles. The summed E-state index contributed by atoms with van der Waals surface area (Å²) in [5, 5.41) is 0. The Hall–Kier alpha value is -1.76. The lowest BCUT2D eigenvalue weighted by molar-refractivity contribution is 0.340. The van der Waals surface area contributed by atoms with Gasteiger partial charge in [0.05, 0.1) is 6.61 Å². The van der Waals surface area contributed by atoms with E-state index in [4.69, 9.17) is 4.74 Å². The van der Waals surface area contributed by atoms with Gasteiger partial charge in [0.25, 0.3) is 0 Å². The molecule has 0 heterocycles. The van der Waals surface area contributed by atoms with Gasteiger partial charge in [-0.1, -0.05) is 57.2 Å². The largest absolute Gasteiger partial charge is 0.494 e. The van der Waals surface area contributed by atoms with Crippen molar-refractivity contribution in [2.75, 3.05) is 6.61 Å². The molecule has 2 aromatic carbocycles. The Bertz CT molecular complexity index is 532. The van der Waals surface area contributed by atoms with Gasteiger partial charge in [-0.05, 0) is 41.2 Å². The van der Waals surface area contributed by atoms with E-state index < -0.39 is 0 Å². The lowest BCUT2D eigenvalue weighted by Gasteiger charge is -2.19. The van der Waals surface area contributed by atoms with E-state index in [-0.39, 0.29) is 5.41 Å². The first-order valence-corrected chi connectivity index (χ1v) is 6.84. The molecule has 0 aliphatic carbocycles. The number of hydrogen-bond donors (Lipinski definition) is 0. The lowest BCUT2D eigenvalue weighted by atomic mass is 9.86. The molecular formula is C18H22O. The van der Waals surface area contributed by atoms with Gasteiger partial charge in [-0.25, -0.2) is 0 Å². The van der Waals surface area contributed by atoms with Crippen LogP contribution in [-0.4, -0.2) is 6.61 Å². The van der Waals surface area contributed by atoms with Gasteiger partial charge < -0.3 is 4.74 Å². The second-order valence-electron chi connectivity index (χ2n) is 5.79. The normalized spacial score (nSPS) is 11.4. The minimum Gasteiger partial charge on any atom is -0.494 e. The minimum absolute atomic E-state index is 0.200. The van der Waals surface area contributed by atoms with Crippen LogP contribution >= 0.6 is 0 Å². The van der Waals surface area contributed by atoms with Crippen molar-refractivity contribution in [3.05, 3.63) is 54.1 Å². The third-order valence-corrected chi connectivity index (χ3v) is 3.23. The van der Waals surface area contributed by atoms with Crippen LogP contribution in [0.15, 0.2) is 48.5 Å². The lowest BCUT2D eigenvalue weighted by Crippen LogP contribution is -2.10. The molecule has 0 bridgehead atoms. The molecular weight excluding hydrogens is 232 g/mol. The van der Waals surface area contributed by atoms with Crippen LogP contribution in [0.5, 0.6) is 5.75 Å². The Morgan fingerprint density at radius 2 is 1.58 bits per heavy atom. The zero-order chi connectivity index (χ0) is 13.9. The van der Waals surface area contributed by atoms with Crippen LogP contribution < -0.4 is 4.74 Å². The van der Waals surface area contributed by atoms with Crippen molar-refractivity contribution in [2.24, 2.45) is 0 Å². The molecule has 1 heteroatoms. The highest BCUT2D eigenvalue weighted by Gasteiger charge is 2.13. The van der Waals surface area contributed by atoms with Crippen LogP contribution in [0.2, 0.25) is 0 Å². The molecule has 19 heavy (non-hydrogen) atoms. The van der Waals surface area contributed by atoms with Gasteiger partial charge in [0, 0.05) is 0 Å². The second-order valence-corrected chi connectivity index (χ2v) is 5.79. The molecule has 0 aliphatic heterocycles. The van der Waals surface area contributed by atoms with Gasteiger partial charge in [-0.2, -0.15) is 0 Å². The van der Waals surface area contributed by atoms with Gasteiger partial charge >= 0.3 is 0 Å². The van der Waals surface area contributed by atoms with E-state index in [1.165, 1.54) is 16.7 Å². The summed E-state index contributed by atoms with van der Waals surface area (Å²) in [6.07, 6.45) is 0. The zero-order valence-corrected chi connectivity index (χ0v) is 12.2. The SMILES string of the molecule is CCOc1cccc(-c2ccc(C(C)(C)C)cc2)c1. The van der Waals surface area contributed by atoms with E-state index in [9.17, 15) is 0 Å². The quantitative estimate of drug-likeness (QED) is 0.744. The number of hydrogen-bond acceptors (Lipinski definition) is 1. The number of rotatable bonds is 3. The van der Waals surface area contributed by atoms with Crippen LogP contribution in [0.4, 0.5) is 0 Å². The molecule has 0 fully saturated rings. The fraction of sp³-hybridized carbons (Fsp3) is 0.333. The van der Waals surface area contributed by atoms with Crippen molar-refractivity contribution in [3.63, 3.8) is 0 Å². The molecule has 0 unspecified atom stereocenters. The molecule has 0 saturated heterocycles. The Kier molecular flexibility index (Phi) is 3.94. The van der Waals surface area contributed by atoms with Crippen molar-refractivity contribution in [2.45, 2.75) is 33.1 Å². The van der Waals surface area contributed by atoms with Crippen LogP contribution in [0.3, 0.4) is 0 Å². The van der Waals surface area contributed by atoms with E-state index in [1.54, 1.807) is 0 Å². The van der Waals surface area contributed by atoms with Crippen molar-refractivity contribution in [1.29, 1.82) is 0 Å². The van der Waals surface area contributed by atoms with Gasteiger partial charge in [0.15, 0.2) is 0 Å². The molecule has 0 N–H and O–H groups in total. The highest BCUT2D eigenvalue weighted by molar-refractivity contribution is 5.65. The number of benzene rings is 2. The summed E-state index contributed by atoms with van der Waals surface area (Å²) >= 11 is 0. The Labute approximate surface area is 116 Å². The number of ether oxygens (including phenoxy) is 1. The fourth-order valence-corrected chi connectivity index (χ4v) is 2.09. The standard InChI is InChI=1S/C18H22O/c1-5-19-17-8-6-7-15(13-17)14-9-11-16(12-10-14)18(2,3)4/h6-13H,5H2,1-4H3. The van der Waals surface area contributed by atoms with E-state index in [0.29, 0.717) is 6.61 Å². The van der Waals surface area contributed by atoms with Crippen LogP contribution in [0, 0.1) is 0 Å². The maximum atomic E-state index is 5.55. The average molecular weight is 254 g/mol. The third kappa shape index (κ3) is 3.37. The first kappa shape index (κ1) is 13.7. The summed E-state index contributed by atoms with van der Waals surface area (Å²) in [6.45, 7) is 9.41. The maximum absolute atomic E-state index is 5.55. The van der Waals surface area contributed by atoms with Gasteiger partial charge in [0.1, 0.15) is 5.75 Å². The monoisotopic (exact) mass is 254 g/mol. The highest BCUT2D eigenvalue weighted by Crippen LogP contribution is 2.27. The fourth-order valence-electron chi connectivity index (χ4n) is 2.09. The van der Waals surface area contributed by atoms with Crippen LogP contribution in [-0.2, 0) is 5.41 Å². The Morgan fingerprint density at radius 1 is 0.895 bits per heavy atom. The topological polar surface area (TPSA) is 9.23 Å². The summed E-state index contributed by atoms with van der Waals surface area (Å²) in [5.41, 5.74) is 3.99. The minimum atomic E-state index is 0.200. The first-order valence-electron chi connectivity index (χ1n) is 6.84. The van der Waals surface area contributed by atoms with Crippen LogP contribution in [0.25, 0.3) is 11.1 Å². The summed E-state index contributed by atoms with van der Waals surface area (Å²) in [6, 6.07) is 17.0. The van der Waals surface area contributed by atoms with Crippen molar-refractivity contribution >= 4 is 0 Å². The molecule has 1 nitrogen and oxygen atoms in total. The molecule has 2 rings (SSSR count). The molecule has 0 aromatic heterocycles. The van der Waals surface area contributed by atoms with Gasteiger partial charge in [-0.3, -0.25) is 0 Å². The summed E-state index contributed by atoms with van der Waals surface area (Å²) < 4.78 is 5.55. The van der Waals surface area contributed by atoms with Crippen molar-refractivity contribution in [1.82, 2.24) is 0 Å². The zero-order valence-electron chi connectivity index (χ0n) is 12.2. The van der Waals surface area contributed by atoms with E-state index in [0.717, 1.165) is 5.75 Å². The molecule has 100 valence electrons.